The molecule has 0 spiro atoms. The van der Waals surface area contributed by atoms with E-state index in [1.807, 2.05) is 4.90 Å². The summed E-state index contributed by atoms with van der Waals surface area (Å²) in [6, 6.07) is 0.524. The largest absolute Gasteiger partial charge is 0.339 e. The van der Waals surface area contributed by atoms with Crippen molar-refractivity contribution in [2.24, 2.45) is 0 Å². The summed E-state index contributed by atoms with van der Waals surface area (Å²) in [6.45, 7) is 6.24. The van der Waals surface area contributed by atoms with E-state index in [1.165, 1.54) is 32.4 Å². The third-order valence-electron chi connectivity index (χ3n) is 3.22. The molecule has 0 aromatic heterocycles. The van der Waals surface area contributed by atoms with E-state index in [1.54, 1.807) is 6.92 Å². The number of carbonyl (C=O) groups is 1. The molecule has 0 aromatic carbocycles. The van der Waals surface area contributed by atoms with Gasteiger partial charge in [-0.2, -0.15) is 0 Å². The van der Waals surface area contributed by atoms with Gasteiger partial charge in [-0.25, -0.2) is 0 Å². The zero-order valence-corrected chi connectivity index (χ0v) is 8.33. The van der Waals surface area contributed by atoms with Crippen molar-refractivity contribution in [1.82, 2.24) is 9.80 Å². The summed E-state index contributed by atoms with van der Waals surface area (Å²) in [4.78, 5) is 15.6. The molecule has 1 unspecified atom stereocenters. The molecule has 1 amide bonds. The number of hydrogen-bond acceptors (Lipinski definition) is 2. The van der Waals surface area contributed by atoms with Gasteiger partial charge < -0.3 is 9.80 Å². The molecule has 2 fully saturated rings. The van der Waals surface area contributed by atoms with Crippen molar-refractivity contribution in [3.63, 3.8) is 0 Å². The Bertz CT molecular complexity index is 199. The lowest BCUT2D eigenvalue weighted by atomic mass is 10.0. The highest BCUT2D eigenvalue weighted by Crippen LogP contribution is 2.20. The molecular formula is C10H18N2O. The molecule has 74 valence electrons. The minimum atomic E-state index is 0.246. The van der Waals surface area contributed by atoms with Gasteiger partial charge in [0.1, 0.15) is 0 Å². The predicted octanol–water partition coefficient (Wildman–Crippen LogP) is 0.703. The van der Waals surface area contributed by atoms with Crippen LogP contribution in [0.4, 0.5) is 0 Å². The molecule has 2 aliphatic rings. The van der Waals surface area contributed by atoms with E-state index in [0.29, 0.717) is 6.04 Å². The second kappa shape index (κ2) is 3.66. The lowest BCUT2D eigenvalue weighted by Gasteiger charge is -2.42. The van der Waals surface area contributed by atoms with Gasteiger partial charge in [0, 0.05) is 26.1 Å². The Balaban J connectivity index is 1.78. The summed E-state index contributed by atoms with van der Waals surface area (Å²) in [5.74, 6) is 0.246. The standard InChI is InChI=1S/C10H18N2O/c1-9(13)12-7-4-10(12)8-11-5-2-3-6-11/h10H,2-8H2,1H3. The summed E-state index contributed by atoms with van der Waals surface area (Å²) >= 11 is 0. The number of carbonyl (C=O) groups excluding carboxylic acids is 1. The lowest BCUT2D eigenvalue weighted by molar-refractivity contribution is -0.136. The molecule has 3 nitrogen and oxygen atoms in total. The normalized spacial score (nSPS) is 29.0. The molecule has 1 atom stereocenters. The molecule has 0 N–H and O–H groups in total. The van der Waals surface area contributed by atoms with Crippen molar-refractivity contribution in [3.8, 4) is 0 Å². The van der Waals surface area contributed by atoms with Crippen LogP contribution in [0.25, 0.3) is 0 Å². The van der Waals surface area contributed by atoms with E-state index in [9.17, 15) is 4.79 Å². The Kier molecular flexibility index (Phi) is 2.54. The highest BCUT2D eigenvalue weighted by molar-refractivity contribution is 5.74. The average molecular weight is 182 g/mol. The quantitative estimate of drug-likeness (QED) is 0.627. The van der Waals surface area contributed by atoms with E-state index >= 15 is 0 Å². The SMILES string of the molecule is CC(=O)N1CCC1CN1CCCC1. The fourth-order valence-electron chi connectivity index (χ4n) is 2.31. The van der Waals surface area contributed by atoms with E-state index in [0.717, 1.165) is 13.1 Å². The predicted molar refractivity (Wildman–Crippen MR) is 51.5 cm³/mol. The molecule has 13 heavy (non-hydrogen) atoms. The summed E-state index contributed by atoms with van der Waals surface area (Å²) in [6.07, 6.45) is 3.88. The highest BCUT2D eigenvalue weighted by Gasteiger charge is 2.31. The third-order valence-corrected chi connectivity index (χ3v) is 3.22. The third kappa shape index (κ3) is 1.85. The van der Waals surface area contributed by atoms with Crippen LogP contribution in [0.15, 0.2) is 0 Å². The number of amides is 1. The van der Waals surface area contributed by atoms with Crippen molar-refractivity contribution in [1.29, 1.82) is 0 Å². The highest BCUT2D eigenvalue weighted by atomic mass is 16.2. The maximum Gasteiger partial charge on any atom is 0.219 e. The van der Waals surface area contributed by atoms with Crippen LogP contribution in [0.3, 0.4) is 0 Å². The van der Waals surface area contributed by atoms with E-state index in [-0.39, 0.29) is 5.91 Å². The minimum Gasteiger partial charge on any atom is -0.339 e. The molecule has 2 rings (SSSR count). The van der Waals surface area contributed by atoms with Gasteiger partial charge in [0.25, 0.3) is 0 Å². The summed E-state index contributed by atoms with van der Waals surface area (Å²) in [5, 5.41) is 0. The average Bonchev–Trinajstić information content (AvgIpc) is 2.48. The number of hydrogen-bond donors (Lipinski definition) is 0. The molecule has 0 aromatic rings. The van der Waals surface area contributed by atoms with Gasteiger partial charge in [0.2, 0.25) is 5.91 Å². The first kappa shape index (κ1) is 9.00. The van der Waals surface area contributed by atoms with E-state index < -0.39 is 0 Å². The summed E-state index contributed by atoms with van der Waals surface area (Å²) in [5.41, 5.74) is 0. The Morgan fingerprint density at radius 1 is 1.31 bits per heavy atom. The summed E-state index contributed by atoms with van der Waals surface area (Å²) < 4.78 is 0. The van der Waals surface area contributed by atoms with Crippen LogP contribution in [0.5, 0.6) is 0 Å². The first-order chi connectivity index (χ1) is 6.27. The van der Waals surface area contributed by atoms with Gasteiger partial charge in [-0.15, -0.1) is 0 Å². The Hall–Kier alpha value is -0.570. The van der Waals surface area contributed by atoms with Crippen LogP contribution in [-0.4, -0.2) is 47.9 Å². The van der Waals surface area contributed by atoms with Crippen molar-refractivity contribution in [2.45, 2.75) is 32.2 Å². The molecule has 0 aliphatic carbocycles. The number of nitrogens with zero attached hydrogens (tertiary/aromatic N) is 2. The van der Waals surface area contributed by atoms with Crippen LogP contribution >= 0.6 is 0 Å². The fraction of sp³-hybridized carbons (Fsp3) is 0.900. The first-order valence-electron chi connectivity index (χ1n) is 5.27. The zero-order chi connectivity index (χ0) is 9.26. The second-order valence-corrected chi connectivity index (χ2v) is 4.16. The number of likely N-dealkylation sites (tertiary alicyclic amines) is 2. The van der Waals surface area contributed by atoms with Gasteiger partial charge in [-0.1, -0.05) is 0 Å². The Morgan fingerprint density at radius 2 is 2.00 bits per heavy atom. The van der Waals surface area contributed by atoms with Crippen LogP contribution in [0.1, 0.15) is 26.2 Å². The maximum absolute atomic E-state index is 11.1. The Morgan fingerprint density at radius 3 is 2.46 bits per heavy atom. The van der Waals surface area contributed by atoms with E-state index in [2.05, 4.69) is 4.90 Å². The van der Waals surface area contributed by atoms with Gasteiger partial charge in [0.15, 0.2) is 0 Å². The molecule has 2 heterocycles. The molecule has 0 bridgehead atoms. The second-order valence-electron chi connectivity index (χ2n) is 4.16. The Labute approximate surface area is 79.7 Å². The maximum atomic E-state index is 11.1. The van der Waals surface area contributed by atoms with Crippen molar-refractivity contribution < 1.29 is 4.79 Å². The van der Waals surface area contributed by atoms with Gasteiger partial charge in [0.05, 0.1) is 0 Å². The monoisotopic (exact) mass is 182 g/mol. The molecule has 0 saturated carbocycles. The molecular weight excluding hydrogens is 164 g/mol. The minimum absolute atomic E-state index is 0.246. The van der Waals surface area contributed by atoms with Gasteiger partial charge in [-0.3, -0.25) is 4.79 Å². The topological polar surface area (TPSA) is 23.6 Å². The van der Waals surface area contributed by atoms with Crippen LogP contribution < -0.4 is 0 Å². The molecule has 2 aliphatic heterocycles. The lowest BCUT2D eigenvalue weighted by Crippen LogP contribution is -2.54. The van der Waals surface area contributed by atoms with Crippen LogP contribution in [-0.2, 0) is 4.79 Å². The fourth-order valence-corrected chi connectivity index (χ4v) is 2.31. The number of rotatable bonds is 2. The summed E-state index contributed by atoms with van der Waals surface area (Å²) in [7, 11) is 0. The van der Waals surface area contributed by atoms with Gasteiger partial charge in [-0.05, 0) is 32.4 Å². The van der Waals surface area contributed by atoms with Gasteiger partial charge >= 0.3 is 0 Å². The molecule has 2 saturated heterocycles. The molecule has 3 heteroatoms. The van der Waals surface area contributed by atoms with Crippen LogP contribution in [0.2, 0.25) is 0 Å². The smallest absolute Gasteiger partial charge is 0.219 e. The first-order valence-corrected chi connectivity index (χ1v) is 5.27. The van der Waals surface area contributed by atoms with Crippen LogP contribution in [0, 0.1) is 0 Å². The van der Waals surface area contributed by atoms with Crippen molar-refractivity contribution >= 4 is 5.91 Å². The zero-order valence-electron chi connectivity index (χ0n) is 8.33. The van der Waals surface area contributed by atoms with Crippen molar-refractivity contribution in [2.75, 3.05) is 26.2 Å². The molecule has 0 radical (unpaired) electrons. The van der Waals surface area contributed by atoms with E-state index in [4.69, 9.17) is 0 Å². The van der Waals surface area contributed by atoms with Crippen molar-refractivity contribution in [3.05, 3.63) is 0 Å².